The van der Waals surface area contributed by atoms with E-state index in [9.17, 15) is 14.9 Å². The standard InChI is InChI=1S/C15H16ClN3O3/c1-10-7-11(2)19(17-10)15(20)8-13(9-18(21)22)12-3-5-14(16)6-4-12/h3-7,13H,8-9H2,1-2H3. The molecule has 0 aliphatic heterocycles. The van der Waals surface area contributed by atoms with Gasteiger partial charge >= 0.3 is 0 Å². The van der Waals surface area contributed by atoms with Gasteiger partial charge in [-0.05, 0) is 37.6 Å². The summed E-state index contributed by atoms with van der Waals surface area (Å²) in [6, 6.07) is 8.55. The lowest BCUT2D eigenvalue weighted by molar-refractivity contribution is -0.483. The molecular formula is C15H16ClN3O3. The first-order chi connectivity index (χ1) is 10.4. The van der Waals surface area contributed by atoms with E-state index >= 15 is 0 Å². The van der Waals surface area contributed by atoms with E-state index in [1.807, 2.05) is 0 Å². The number of nitro groups is 1. The summed E-state index contributed by atoms with van der Waals surface area (Å²) in [5.41, 5.74) is 2.18. The number of hydrogen-bond acceptors (Lipinski definition) is 4. The largest absolute Gasteiger partial charge is 0.273 e. The summed E-state index contributed by atoms with van der Waals surface area (Å²) in [5, 5.41) is 15.6. The van der Waals surface area contributed by atoms with Gasteiger partial charge in [0.15, 0.2) is 0 Å². The molecule has 22 heavy (non-hydrogen) atoms. The third-order valence-electron chi connectivity index (χ3n) is 3.38. The van der Waals surface area contributed by atoms with E-state index in [0.29, 0.717) is 5.02 Å². The van der Waals surface area contributed by atoms with Gasteiger partial charge in [-0.2, -0.15) is 5.10 Å². The fourth-order valence-corrected chi connectivity index (χ4v) is 2.51. The van der Waals surface area contributed by atoms with Crippen LogP contribution in [0.2, 0.25) is 5.02 Å². The van der Waals surface area contributed by atoms with Crippen LogP contribution in [0.5, 0.6) is 0 Å². The summed E-state index contributed by atoms with van der Waals surface area (Å²) < 4.78 is 1.30. The van der Waals surface area contributed by atoms with Crippen LogP contribution in [0.1, 0.15) is 34.1 Å². The van der Waals surface area contributed by atoms with Gasteiger partial charge in [0.1, 0.15) is 0 Å². The van der Waals surface area contributed by atoms with Crippen molar-refractivity contribution in [3.63, 3.8) is 0 Å². The second kappa shape index (κ2) is 6.70. The van der Waals surface area contributed by atoms with E-state index in [4.69, 9.17) is 11.6 Å². The Morgan fingerprint density at radius 2 is 2.00 bits per heavy atom. The highest BCUT2D eigenvalue weighted by molar-refractivity contribution is 6.30. The summed E-state index contributed by atoms with van der Waals surface area (Å²) in [6.45, 7) is 3.26. The molecule has 0 aliphatic rings. The molecule has 2 aromatic rings. The predicted molar refractivity (Wildman–Crippen MR) is 83.0 cm³/mol. The fourth-order valence-electron chi connectivity index (χ4n) is 2.38. The average Bonchev–Trinajstić information content (AvgIpc) is 2.77. The van der Waals surface area contributed by atoms with Crippen molar-refractivity contribution >= 4 is 17.5 Å². The third-order valence-corrected chi connectivity index (χ3v) is 3.63. The zero-order valence-electron chi connectivity index (χ0n) is 12.3. The molecule has 0 radical (unpaired) electrons. The Morgan fingerprint density at radius 1 is 1.36 bits per heavy atom. The quantitative estimate of drug-likeness (QED) is 0.625. The van der Waals surface area contributed by atoms with Crippen LogP contribution in [-0.4, -0.2) is 27.2 Å². The maximum absolute atomic E-state index is 12.4. The third kappa shape index (κ3) is 3.92. The molecule has 1 atom stereocenters. The van der Waals surface area contributed by atoms with Crippen LogP contribution >= 0.6 is 11.6 Å². The number of carbonyl (C=O) groups is 1. The number of nitrogens with zero attached hydrogens (tertiary/aromatic N) is 3. The second-order valence-electron chi connectivity index (χ2n) is 5.20. The van der Waals surface area contributed by atoms with E-state index in [-0.39, 0.29) is 18.9 Å². The van der Waals surface area contributed by atoms with Crippen LogP contribution < -0.4 is 0 Å². The van der Waals surface area contributed by atoms with E-state index in [1.54, 1.807) is 44.2 Å². The maximum Gasteiger partial charge on any atom is 0.247 e. The number of benzene rings is 1. The summed E-state index contributed by atoms with van der Waals surface area (Å²) >= 11 is 5.83. The van der Waals surface area contributed by atoms with Gasteiger partial charge in [0.05, 0.1) is 11.6 Å². The minimum absolute atomic E-state index is 0.0184. The molecule has 7 heteroatoms. The first-order valence-electron chi connectivity index (χ1n) is 6.80. The molecule has 0 amide bonds. The Bertz CT molecular complexity index is 695. The van der Waals surface area contributed by atoms with Gasteiger partial charge in [0, 0.05) is 22.1 Å². The molecule has 0 N–H and O–H groups in total. The Hall–Kier alpha value is -2.21. The van der Waals surface area contributed by atoms with Gasteiger partial charge in [-0.25, -0.2) is 4.68 Å². The van der Waals surface area contributed by atoms with Crippen LogP contribution in [0.4, 0.5) is 0 Å². The molecule has 0 saturated heterocycles. The van der Waals surface area contributed by atoms with Gasteiger partial charge in [-0.1, -0.05) is 23.7 Å². The minimum atomic E-state index is -0.510. The molecule has 0 saturated carbocycles. The van der Waals surface area contributed by atoms with Crippen molar-refractivity contribution in [3.8, 4) is 0 Å². The zero-order chi connectivity index (χ0) is 16.3. The van der Waals surface area contributed by atoms with E-state index in [2.05, 4.69) is 5.10 Å². The van der Waals surface area contributed by atoms with Crippen molar-refractivity contribution < 1.29 is 9.72 Å². The van der Waals surface area contributed by atoms with Crippen LogP contribution in [0.15, 0.2) is 30.3 Å². The molecule has 0 fully saturated rings. The van der Waals surface area contributed by atoms with Crippen molar-refractivity contribution in [1.29, 1.82) is 0 Å². The Labute approximate surface area is 132 Å². The lowest BCUT2D eigenvalue weighted by Crippen LogP contribution is -2.21. The summed E-state index contributed by atoms with van der Waals surface area (Å²) in [7, 11) is 0. The van der Waals surface area contributed by atoms with Gasteiger partial charge in [-0.15, -0.1) is 0 Å². The van der Waals surface area contributed by atoms with Crippen molar-refractivity contribution in [2.45, 2.75) is 26.2 Å². The molecular weight excluding hydrogens is 306 g/mol. The monoisotopic (exact) mass is 321 g/mol. The molecule has 2 rings (SSSR count). The first-order valence-corrected chi connectivity index (χ1v) is 7.18. The summed E-state index contributed by atoms with van der Waals surface area (Å²) in [4.78, 5) is 22.8. The lowest BCUT2D eigenvalue weighted by atomic mass is 9.95. The molecule has 1 unspecified atom stereocenters. The van der Waals surface area contributed by atoms with Crippen LogP contribution in [0, 0.1) is 24.0 Å². The molecule has 1 aromatic heterocycles. The summed E-state index contributed by atoms with van der Waals surface area (Å²) in [5.74, 6) is -0.768. The molecule has 0 spiro atoms. The summed E-state index contributed by atoms with van der Waals surface area (Å²) in [6.07, 6.45) is 0.0184. The predicted octanol–water partition coefficient (Wildman–Crippen LogP) is 3.24. The van der Waals surface area contributed by atoms with Crippen LogP contribution in [-0.2, 0) is 0 Å². The maximum atomic E-state index is 12.4. The molecule has 116 valence electrons. The topological polar surface area (TPSA) is 78.0 Å². The number of hydrogen-bond donors (Lipinski definition) is 0. The van der Waals surface area contributed by atoms with Crippen molar-refractivity contribution in [3.05, 3.63) is 62.4 Å². The molecule has 6 nitrogen and oxygen atoms in total. The Balaban J connectivity index is 2.23. The van der Waals surface area contributed by atoms with Gasteiger partial charge in [-0.3, -0.25) is 14.9 Å². The van der Waals surface area contributed by atoms with Gasteiger partial charge < -0.3 is 0 Å². The zero-order valence-corrected chi connectivity index (χ0v) is 13.1. The fraction of sp³-hybridized carbons (Fsp3) is 0.333. The minimum Gasteiger partial charge on any atom is -0.273 e. The lowest BCUT2D eigenvalue weighted by Gasteiger charge is -2.13. The second-order valence-corrected chi connectivity index (χ2v) is 5.64. The highest BCUT2D eigenvalue weighted by Gasteiger charge is 2.23. The normalized spacial score (nSPS) is 12.1. The van der Waals surface area contributed by atoms with Crippen molar-refractivity contribution in [1.82, 2.24) is 9.78 Å². The highest BCUT2D eigenvalue weighted by atomic mass is 35.5. The Morgan fingerprint density at radius 3 is 2.50 bits per heavy atom. The van der Waals surface area contributed by atoms with E-state index in [0.717, 1.165) is 17.0 Å². The number of carbonyl (C=O) groups excluding carboxylic acids is 1. The Kier molecular flexibility index (Phi) is 4.92. The SMILES string of the molecule is Cc1cc(C)n(C(=O)CC(C[N+](=O)[O-])c2ccc(Cl)cc2)n1. The van der Waals surface area contributed by atoms with Crippen LogP contribution in [0.3, 0.4) is 0 Å². The average molecular weight is 322 g/mol. The number of halogens is 1. The smallest absolute Gasteiger partial charge is 0.247 e. The van der Waals surface area contributed by atoms with Crippen molar-refractivity contribution in [2.75, 3.05) is 6.54 Å². The number of aromatic nitrogens is 2. The molecule has 0 bridgehead atoms. The molecule has 1 heterocycles. The van der Waals surface area contributed by atoms with Gasteiger partial charge in [0.2, 0.25) is 12.5 Å². The van der Waals surface area contributed by atoms with E-state index in [1.165, 1.54) is 4.68 Å². The first kappa shape index (κ1) is 16.2. The molecule has 1 aromatic carbocycles. The number of aryl methyl sites for hydroxylation is 2. The molecule has 0 aliphatic carbocycles. The number of rotatable bonds is 5. The highest BCUT2D eigenvalue weighted by Crippen LogP contribution is 2.23. The van der Waals surface area contributed by atoms with Crippen molar-refractivity contribution in [2.24, 2.45) is 0 Å². The van der Waals surface area contributed by atoms with E-state index < -0.39 is 10.8 Å². The van der Waals surface area contributed by atoms with Crippen LogP contribution in [0.25, 0.3) is 0 Å². The van der Waals surface area contributed by atoms with Gasteiger partial charge in [0.25, 0.3) is 0 Å².